The third kappa shape index (κ3) is 3.36. The molecule has 0 aliphatic heterocycles. The van der Waals surface area contributed by atoms with Crippen LogP contribution in [0.2, 0.25) is 0 Å². The van der Waals surface area contributed by atoms with Gasteiger partial charge in [0.1, 0.15) is 11.8 Å². The molecule has 0 aliphatic carbocycles. The number of rotatable bonds is 5. The van der Waals surface area contributed by atoms with Crippen molar-refractivity contribution < 1.29 is 19.8 Å². The monoisotopic (exact) mass is 223 g/mol. The Labute approximate surface area is 92.5 Å². The second-order valence-electron chi connectivity index (χ2n) is 3.45. The van der Waals surface area contributed by atoms with Crippen LogP contribution in [0.25, 0.3) is 0 Å². The van der Waals surface area contributed by atoms with Gasteiger partial charge in [-0.25, -0.2) is 0 Å². The van der Waals surface area contributed by atoms with Crippen molar-refractivity contribution in [3.8, 4) is 5.75 Å². The number of hydrogen-bond donors (Lipinski definition) is 3. The molecule has 4 N–H and O–H groups in total. The topological polar surface area (TPSA) is 101 Å². The van der Waals surface area contributed by atoms with E-state index in [1.807, 2.05) is 0 Å². The largest absolute Gasteiger partial charge is 0.508 e. The lowest BCUT2D eigenvalue weighted by Gasteiger charge is -2.05. The van der Waals surface area contributed by atoms with Crippen LogP contribution in [-0.2, 0) is 4.79 Å². The minimum Gasteiger partial charge on any atom is -0.508 e. The van der Waals surface area contributed by atoms with Crippen LogP contribution in [0.4, 0.5) is 0 Å². The van der Waals surface area contributed by atoms with E-state index in [1.165, 1.54) is 24.3 Å². The molecule has 0 fully saturated rings. The van der Waals surface area contributed by atoms with E-state index in [0.717, 1.165) is 0 Å². The highest BCUT2D eigenvalue weighted by Gasteiger charge is 2.14. The van der Waals surface area contributed by atoms with E-state index in [1.54, 1.807) is 0 Å². The Morgan fingerprint density at radius 3 is 2.31 bits per heavy atom. The van der Waals surface area contributed by atoms with Gasteiger partial charge in [-0.15, -0.1) is 0 Å². The number of phenolic OH excluding ortho intramolecular Hbond substituents is 1. The number of phenols is 1. The van der Waals surface area contributed by atoms with Gasteiger partial charge in [0.25, 0.3) is 0 Å². The molecule has 1 rings (SSSR count). The third-order valence-electron chi connectivity index (χ3n) is 2.19. The first kappa shape index (κ1) is 12.2. The van der Waals surface area contributed by atoms with Crippen LogP contribution in [-0.4, -0.2) is 28.0 Å². The van der Waals surface area contributed by atoms with E-state index in [4.69, 9.17) is 15.9 Å². The van der Waals surface area contributed by atoms with Gasteiger partial charge in [0, 0.05) is 12.0 Å². The highest BCUT2D eigenvalue weighted by atomic mass is 16.4. The quantitative estimate of drug-likeness (QED) is 0.640. The Hall–Kier alpha value is -1.88. The molecule has 0 aromatic heterocycles. The summed E-state index contributed by atoms with van der Waals surface area (Å²) in [6.07, 6.45) is 0.188. The molecule has 1 aromatic rings. The Kier molecular flexibility index (Phi) is 4.02. The summed E-state index contributed by atoms with van der Waals surface area (Å²) in [7, 11) is 0. The number of carboxylic acid groups (broad SMARTS) is 1. The predicted octanol–water partition coefficient (Wildman–Crippen LogP) is 0.767. The summed E-state index contributed by atoms with van der Waals surface area (Å²) in [5.41, 5.74) is 5.72. The Morgan fingerprint density at radius 1 is 1.25 bits per heavy atom. The van der Waals surface area contributed by atoms with Crippen LogP contribution in [0.1, 0.15) is 23.2 Å². The van der Waals surface area contributed by atoms with E-state index in [-0.39, 0.29) is 24.4 Å². The summed E-state index contributed by atoms with van der Waals surface area (Å²) in [6, 6.07) is 4.78. The average molecular weight is 223 g/mol. The summed E-state index contributed by atoms with van der Waals surface area (Å²) in [5, 5.41) is 17.6. The van der Waals surface area contributed by atoms with Crippen LogP contribution in [0.15, 0.2) is 24.3 Å². The fraction of sp³-hybridized carbons (Fsp3) is 0.273. The number of Topliss-reactive ketones (excluding diaryl/α,β-unsaturated/α-hetero) is 1. The van der Waals surface area contributed by atoms with Crippen LogP contribution in [0.5, 0.6) is 5.75 Å². The molecular formula is C11H13NO4. The summed E-state index contributed by atoms with van der Waals surface area (Å²) in [6.45, 7) is 0. The van der Waals surface area contributed by atoms with Crippen molar-refractivity contribution in [2.45, 2.75) is 18.9 Å². The summed E-state index contributed by atoms with van der Waals surface area (Å²) >= 11 is 0. The Morgan fingerprint density at radius 2 is 1.81 bits per heavy atom. The number of carboxylic acids is 1. The molecule has 0 radical (unpaired) electrons. The highest BCUT2D eigenvalue weighted by Crippen LogP contribution is 2.12. The molecule has 5 nitrogen and oxygen atoms in total. The normalized spacial score (nSPS) is 12.1. The van der Waals surface area contributed by atoms with Gasteiger partial charge in [0.2, 0.25) is 0 Å². The van der Waals surface area contributed by atoms with Gasteiger partial charge in [-0.1, -0.05) is 0 Å². The number of aliphatic carboxylic acids is 1. The van der Waals surface area contributed by atoms with Gasteiger partial charge in [-0.3, -0.25) is 9.59 Å². The maximum Gasteiger partial charge on any atom is 0.320 e. The zero-order valence-corrected chi connectivity index (χ0v) is 8.59. The number of carbonyl (C=O) groups is 2. The molecule has 1 aromatic carbocycles. The second kappa shape index (κ2) is 5.27. The van der Waals surface area contributed by atoms with Crippen molar-refractivity contribution in [3.63, 3.8) is 0 Å². The first-order chi connectivity index (χ1) is 7.50. The van der Waals surface area contributed by atoms with E-state index < -0.39 is 12.0 Å². The second-order valence-corrected chi connectivity index (χ2v) is 3.45. The van der Waals surface area contributed by atoms with E-state index in [0.29, 0.717) is 5.56 Å². The predicted molar refractivity (Wildman–Crippen MR) is 57.3 cm³/mol. The summed E-state index contributed by atoms with van der Waals surface area (Å²) in [4.78, 5) is 22.0. The van der Waals surface area contributed by atoms with Crippen molar-refractivity contribution in [3.05, 3.63) is 29.8 Å². The molecule has 0 heterocycles. The van der Waals surface area contributed by atoms with Crippen LogP contribution in [0, 0.1) is 0 Å². The fourth-order valence-corrected chi connectivity index (χ4v) is 1.20. The lowest BCUT2D eigenvalue weighted by atomic mass is 10.0. The maximum absolute atomic E-state index is 11.6. The molecule has 0 spiro atoms. The molecule has 16 heavy (non-hydrogen) atoms. The molecule has 0 amide bonds. The number of nitrogens with two attached hydrogens (primary N) is 1. The van der Waals surface area contributed by atoms with E-state index >= 15 is 0 Å². The van der Waals surface area contributed by atoms with Crippen LogP contribution >= 0.6 is 0 Å². The Bertz CT molecular complexity index is 385. The molecule has 1 unspecified atom stereocenters. The third-order valence-corrected chi connectivity index (χ3v) is 2.19. The number of hydrogen-bond acceptors (Lipinski definition) is 4. The van der Waals surface area contributed by atoms with Gasteiger partial charge < -0.3 is 15.9 Å². The molecular weight excluding hydrogens is 210 g/mol. The lowest BCUT2D eigenvalue weighted by molar-refractivity contribution is -0.138. The molecule has 1 atom stereocenters. The van der Waals surface area contributed by atoms with Gasteiger partial charge in [-0.05, 0) is 30.7 Å². The first-order valence-corrected chi connectivity index (χ1v) is 4.81. The summed E-state index contributed by atoms with van der Waals surface area (Å²) in [5.74, 6) is -1.21. The smallest absolute Gasteiger partial charge is 0.320 e. The van der Waals surface area contributed by atoms with Crippen molar-refractivity contribution in [2.24, 2.45) is 5.73 Å². The number of ketones is 1. The molecule has 5 heteroatoms. The van der Waals surface area contributed by atoms with Crippen LogP contribution in [0.3, 0.4) is 0 Å². The van der Waals surface area contributed by atoms with Crippen molar-refractivity contribution in [2.75, 3.05) is 0 Å². The van der Waals surface area contributed by atoms with Gasteiger partial charge in [-0.2, -0.15) is 0 Å². The minimum atomic E-state index is -1.11. The number of aromatic hydroxyl groups is 1. The molecule has 0 bridgehead atoms. The van der Waals surface area contributed by atoms with Crippen molar-refractivity contribution in [1.29, 1.82) is 0 Å². The SMILES string of the molecule is NC(CCC(=O)c1ccc(O)cc1)C(=O)O. The van der Waals surface area contributed by atoms with E-state index in [2.05, 4.69) is 0 Å². The van der Waals surface area contributed by atoms with Crippen molar-refractivity contribution >= 4 is 11.8 Å². The van der Waals surface area contributed by atoms with Gasteiger partial charge in [0.05, 0.1) is 0 Å². The zero-order valence-electron chi connectivity index (χ0n) is 8.59. The van der Waals surface area contributed by atoms with Crippen molar-refractivity contribution in [1.82, 2.24) is 0 Å². The maximum atomic E-state index is 11.6. The van der Waals surface area contributed by atoms with Crippen LogP contribution < -0.4 is 5.73 Å². The van der Waals surface area contributed by atoms with Gasteiger partial charge >= 0.3 is 5.97 Å². The number of benzene rings is 1. The van der Waals surface area contributed by atoms with E-state index in [9.17, 15) is 9.59 Å². The molecule has 0 aliphatic rings. The Balaban J connectivity index is 2.53. The molecule has 0 saturated carbocycles. The fourth-order valence-electron chi connectivity index (χ4n) is 1.20. The molecule has 86 valence electrons. The summed E-state index contributed by atoms with van der Waals surface area (Å²) < 4.78 is 0. The minimum absolute atomic E-state index is 0.0816. The lowest BCUT2D eigenvalue weighted by Crippen LogP contribution is -2.30. The zero-order chi connectivity index (χ0) is 12.1. The average Bonchev–Trinajstić information content (AvgIpc) is 2.26. The number of carbonyl (C=O) groups excluding carboxylic acids is 1. The standard InChI is InChI=1S/C11H13NO4/c12-9(11(15)16)5-6-10(14)7-1-3-8(13)4-2-7/h1-4,9,13H,5-6,12H2,(H,15,16). The highest BCUT2D eigenvalue weighted by molar-refractivity contribution is 5.96. The molecule has 0 saturated heterocycles. The first-order valence-electron chi connectivity index (χ1n) is 4.81. The van der Waals surface area contributed by atoms with Gasteiger partial charge in [0.15, 0.2) is 5.78 Å².